The second kappa shape index (κ2) is 6.57. The number of anilines is 1. The Morgan fingerprint density at radius 2 is 1.86 bits per heavy atom. The Morgan fingerprint density at radius 3 is 2.38 bits per heavy atom. The number of ether oxygens (including phenoxy) is 1. The molecule has 1 saturated carbocycles. The fourth-order valence-corrected chi connectivity index (χ4v) is 3.38. The second-order valence-corrected chi connectivity index (χ2v) is 6.89. The van der Waals surface area contributed by atoms with E-state index in [0.29, 0.717) is 6.04 Å². The largest absolute Gasteiger partial charge is 0.432 e. The molecular formula is C15H19Cl2F2NO. The molecule has 1 aromatic rings. The average molecular weight is 338 g/mol. The highest BCUT2D eigenvalue weighted by Crippen LogP contribution is 2.40. The molecule has 0 amide bonds. The predicted molar refractivity (Wildman–Crippen MR) is 82.8 cm³/mol. The van der Waals surface area contributed by atoms with Crippen molar-refractivity contribution in [2.75, 3.05) is 5.32 Å². The number of benzene rings is 1. The van der Waals surface area contributed by atoms with E-state index in [1.54, 1.807) is 12.1 Å². The van der Waals surface area contributed by atoms with Crippen molar-refractivity contribution in [3.8, 4) is 5.75 Å². The van der Waals surface area contributed by atoms with E-state index >= 15 is 0 Å². The van der Waals surface area contributed by atoms with Crippen LogP contribution in [0.3, 0.4) is 0 Å². The Morgan fingerprint density at radius 1 is 1.24 bits per heavy atom. The molecule has 2 rings (SSSR count). The topological polar surface area (TPSA) is 21.3 Å². The van der Waals surface area contributed by atoms with Crippen LogP contribution in [0.15, 0.2) is 12.1 Å². The maximum Gasteiger partial charge on any atom is 0.387 e. The van der Waals surface area contributed by atoms with Crippen molar-refractivity contribution in [1.82, 2.24) is 0 Å². The van der Waals surface area contributed by atoms with Crippen LogP contribution in [0.1, 0.15) is 39.5 Å². The molecule has 1 aliphatic carbocycles. The molecule has 0 aliphatic heterocycles. The van der Waals surface area contributed by atoms with Crippen molar-refractivity contribution in [3.63, 3.8) is 0 Å². The first-order valence-corrected chi connectivity index (χ1v) is 7.75. The monoisotopic (exact) mass is 337 g/mol. The number of hydrogen-bond acceptors (Lipinski definition) is 2. The van der Waals surface area contributed by atoms with Crippen LogP contribution in [-0.4, -0.2) is 12.7 Å². The van der Waals surface area contributed by atoms with Gasteiger partial charge in [-0.15, -0.1) is 0 Å². The smallest absolute Gasteiger partial charge is 0.387 e. The summed E-state index contributed by atoms with van der Waals surface area (Å²) in [5, 5.41) is 3.59. The summed E-state index contributed by atoms with van der Waals surface area (Å²) in [6, 6.07) is 3.46. The lowest BCUT2D eigenvalue weighted by Crippen LogP contribution is -2.38. The van der Waals surface area contributed by atoms with Crippen LogP contribution in [0, 0.1) is 5.41 Å². The molecule has 118 valence electrons. The van der Waals surface area contributed by atoms with E-state index in [9.17, 15) is 8.78 Å². The van der Waals surface area contributed by atoms with E-state index in [-0.39, 0.29) is 21.2 Å². The molecule has 0 aromatic heterocycles. The fourth-order valence-electron chi connectivity index (χ4n) is 2.81. The Bertz CT molecular complexity index is 485. The Hall–Kier alpha value is -0.740. The Balaban J connectivity index is 2.18. The van der Waals surface area contributed by atoms with Gasteiger partial charge in [0.1, 0.15) is 0 Å². The van der Waals surface area contributed by atoms with Gasteiger partial charge in [0.05, 0.1) is 10.0 Å². The third-order valence-corrected chi connectivity index (χ3v) is 4.61. The molecule has 0 radical (unpaired) electrons. The van der Waals surface area contributed by atoms with E-state index < -0.39 is 6.61 Å². The lowest BCUT2D eigenvalue weighted by Gasteiger charge is -2.39. The van der Waals surface area contributed by atoms with Crippen molar-refractivity contribution < 1.29 is 13.5 Å². The van der Waals surface area contributed by atoms with Gasteiger partial charge in [0.25, 0.3) is 0 Å². The Labute approximate surface area is 133 Å². The fraction of sp³-hybridized carbons (Fsp3) is 0.600. The molecule has 1 unspecified atom stereocenters. The number of alkyl halides is 2. The number of rotatable bonds is 4. The summed E-state index contributed by atoms with van der Waals surface area (Å²) in [6.45, 7) is 1.50. The minimum atomic E-state index is -2.95. The molecule has 1 aliphatic rings. The van der Waals surface area contributed by atoms with Crippen LogP contribution < -0.4 is 10.1 Å². The zero-order valence-electron chi connectivity index (χ0n) is 12.1. The van der Waals surface area contributed by atoms with Gasteiger partial charge in [-0.05, 0) is 30.4 Å². The third kappa shape index (κ3) is 4.13. The van der Waals surface area contributed by atoms with Gasteiger partial charge < -0.3 is 10.1 Å². The first-order valence-electron chi connectivity index (χ1n) is 7.00. The zero-order chi connectivity index (χ0) is 15.6. The number of halogens is 4. The number of nitrogens with one attached hydrogen (secondary N) is 1. The molecule has 21 heavy (non-hydrogen) atoms. The summed E-state index contributed by atoms with van der Waals surface area (Å²) >= 11 is 12.0. The molecule has 6 heteroatoms. The van der Waals surface area contributed by atoms with E-state index in [1.807, 2.05) is 0 Å². The van der Waals surface area contributed by atoms with Gasteiger partial charge >= 0.3 is 6.61 Å². The highest BCUT2D eigenvalue weighted by atomic mass is 35.5. The van der Waals surface area contributed by atoms with E-state index in [4.69, 9.17) is 23.2 Å². The first-order chi connectivity index (χ1) is 9.79. The van der Waals surface area contributed by atoms with E-state index in [2.05, 4.69) is 23.9 Å². The van der Waals surface area contributed by atoms with Crippen LogP contribution >= 0.6 is 23.2 Å². The molecule has 0 spiro atoms. The molecule has 1 fully saturated rings. The highest BCUT2D eigenvalue weighted by Gasteiger charge is 2.32. The molecule has 2 nitrogen and oxygen atoms in total. The normalized spacial score (nSPS) is 21.4. The van der Waals surface area contributed by atoms with Gasteiger partial charge in [-0.2, -0.15) is 8.78 Å². The second-order valence-electron chi connectivity index (χ2n) is 6.08. The van der Waals surface area contributed by atoms with Crippen molar-refractivity contribution >= 4 is 28.9 Å². The van der Waals surface area contributed by atoms with Gasteiger partial charge in [0, 0.05) is 11.7 Å². The van der Waals surface area contributed by atoms with Crippen LogP contribution in [0.4, 0.5) is 14.5 Å². The lowest BCUT2D eigenvalue weighted by atomic mass is 9.73. The maximum atomic E-state index is 12.3. The summed E-state index contributed by atoms with van der Waals surface area (Å²) in [6.07, 6.45) is 4.62. The summed E-state index contributed by atoms with van der Waals surface area (Å²) < 4.78 is 28.9. The predicted octanol–water partition coefficient (Wildman–Crippen LogP) is 5.98. The molecule has 0 heterocycles. The van der Waals surface area contributed by atoms with Gasteiger partial charge in [-0.3, -0.25) is 0 Å². The summed E-state index contributed by atoms with van der Waals surface area (Å²) in [7, 11) is 0. The quantitative estimate of drug-likeness (QED) is 0.730. The van der Waals surface area contributed by atoms with Crippen molar-refractivity contribution in [1.29, 1.82) is 0 Å². The molecule has 0 saturated heterocycles. The molecular weight excluding hydrogens is 319 g/mol. The minimum absolute atomic E-state index is 0.0823. The summed E-state index contributed by atoms with van der Waals surface area (Å²) in [5.74, 6) is -0.179. The summed E-state index contributed by atoms with van der Waals surface area (Å²) in [4.78, 5) is 0. The maximum absolute atomic E-state index is 12.3. The minimum Gasteiger partial charge on any atom is -0.432 e. The van der Waals surface area contributed by atoms with E-state index in [0.717, 1.165) is 18.5 Å². The van der Waals surface area contributed by atoms with Crippen molar-refractivity contribution in [2.45, 2.75) is 52.2 Å². The van der Waals surface area contributed by atoms with Crippen LogP contribution in [0.25, 0.3) is 0 Å². The molecule has 1 aromatic carbocycles. The highest BCUT2D eigenvalue weighted by molar-refractivity contribution is 6.37. The van der Waals surface area contributed by atoms with Gasteiger partial charge in [-0.25, -0.2) is 0 Å². The standard InChI is InChI=1S/C15H19Cl2F2NO/c1-15(2)6-4-3-5-12(15)20-9-7-10(16)13(11(17)8-9)21-14(18)19/h7-8,12,14,20H,3-6H2,1-2H3. The van der Waals surface area contributed by atoms with Gasteiger partial charge in [0.2, 0.25) is 0 Å². The van der Waals surface area contributed by atoms with Crippen LogP contribution in [0.5, 0.6) is 5.75 Å². The molecule has 0 bridgehead atoms. The third-order valence-electron chi connectivity index (χ3n) is 4.05. The molecule has 1 N–H and O–H groups in total. The Kier molecular flexibility index (Phi) is 5.20. The van der Waals surface area contributed by atoms with Crippen LogP contribution in [0.2, 0.25) is 10.0 Å². The SMILES string of the molecule is CC1(C)CCCCC1Nc1cc(Cl)c(OC(F)F)c(Cl)c1. The number of hydrogen-bond donors (Lipinski definition) is 1. The summed E-state index contributed by atoms with van der Waals surface area (Å²) in [5.41, 5.74) is 0.904. The van der Waals surface area contributed by atoms with Crippen molar-refractivity contribution in [3.05, 3.63) is 22.2 Å². The average Bonchev–Trinajstić information content (AvgIpc) is 2.36. The van der Waals surface area contributed by atoms with Crippen molar-refractivity contribution in [2.24, 2.45) is 5.41 Å². The molecule has 1 atom stereocenters. The van der Waals surface area contributed by atoms with E-state index in [1.165, 1.54) is 12.8 Å². The lowest BCUT2D eigenvalue weighted by molar-refractivity contribution is -0.0497. The first kappa shape index (κ1) is 16.6. The van der Waals surface area contributed by atoms with Crippen LogP contribution in [-0.2, 0) is 0 Å². The zero-order valence-corrected chi connectivity index (χ0v) is 13.6. The van der Waals surface area contributed by atoms with Gasteiger partial charge in [-0.1, -0.05) is 49.9 Å². The van der Waals surface area contributed by atoms with Gasteiger partial charge in [0.15, 0.2) is 5.75 Å².